The van der Waals surface area contributed by atoms with E-state index in [1.54, 1.807) is 4.68 Å². The number of hydrogen-bond acceptors (Lipinski definition) is 3. The third-order valence-electron chi connectivity index (χ3n) is 3.30. The number of benzene rings is 1. The van der Waals surface area contributed by atoms with Gasteiger partial charge in [0.1, 0.15) is 0 Å². The smallest absolute Gasteiger partial charge is 0.0763 e. The summed E-state index contributed by atoms with van der Waals surface area (Å²) in [5, 5.41) is 12.7. The van der Waals surface area contributed by atoms with Crippen molar-refractivity contribution < 1.29 is 0 Å². The Bertz CT molecular complexity index is 759. The average molecular weight is 302 g/mol. The Kier molecular flexibility index (Phi) is 3.66. The lowest BCUT2D eigenvalue weighted by atomic mass is 10.3. The zero-order valence-corrected chi connectivity index (χ0v) is 12.7. The first-order valence-corrected chi connectivity index (χ1v) is 7.03. The summed E-state index contributed by atoms with van der Waals surface area (Å²) in [7, 11) is 1.91. The summed E-state index contributed by atoms with van der Waals surface area (Å²) < 4.78 is 3.66. The van der Waals surface area contributed by atoms with E-state index in [9.17, 15) is 0 Å². The van der Waals surface area contributed by atoms with Crippen LogP contribution >= 0.6 is 11.6 Å². The maximum absolute atomic E-state index is 6.03. The van der Waals surface area contributed by atoms with Crippen LogP contribution in [0.25, 0.3) is 5.69 Å². The molecule has 0 bridgehead atoms. The highest BCUT2D eigenvalue weighted by atomic mass is 35.5. The van der Waals surface area contributed by atoms with Gasteiger partial charge in [-0.1, -0.05) is 17.7 Å². The molecule has 0 aliphatic rings. The van der Waals surface area contributed by atoms with Crippen LogP contribution in [0.1, 0.15) is 11.3 Å². The molecule has 2 heterocycles. The van der Waals surface area contributed by atoms with Crippen LogP contribution in [0, 0.1) is 6.92 Å². The second kappa shape index (κ2) is 5.61. The molecule has 0 unspecified atom stereocenters. The van der Waals surface area contributed by atoms with Gasteiger partial charge < -0.3 is 5.32 Å². The summed E-state index contributed by atoms with van der Waals surface area (Å²) in [6.07, 6.45) is 5.67. The van der Waals surface area contributed by atoms with Gasteiger partial charge in [-0.25, -0.2) is 4.68 Å². The fourth-order valence-electron chi connectivity index (χ4n) is 2.21. The van der Waals surface area contributed by atoms with E-state index in [1.165, 1.54) is 0 Å². The molecule has 0 saturated heterocycles. The number of halogens is 1. The Hall–Kier alpha value is -2.27. The van der Waals surface area contributed by atoms with E-state index >= 15 is 0 Å². The van der Waals surface area contributed by atoms with Crippen molar-refractivity contribution >= 4 is 17.3 Å². The number of nitrogens with zero attached hydrogens (tertiary/aromatic N) is 4. The largest absolute Gasteiger partial charge is 0.378 e. The lowest BCUT2D eigenvalue weighted by molar-refractivity contribution is 0.767. The highest BCUT2D eigenvalue weighted by Crippen LogP contribution is 2.21. The van der Waals surface area contributed by atoms with E-state index in [-0.39, 0.29) is 0 Å². The van der Waals surface area contributed by atoms with Crippen molar-refractivity contribution in [1.82, 2.24) is 19.6 Å². The zero-order valence-electron chi connectivity index (χ0n) is 11.9. The van der Waals surface area contributed by atoms with Gasteiger partial charge in [0.15, 0.2) is 0 Å². The summed E-state index contributed by atoms with van der Waals surface area (Å²) in [4.78, 5) is 0. The lowest BCUT2D eigenvalue weighted by Crippen LogP contribution is -2.02. The molecule has 2 aromatic heterocycles. The molecule has 6 heteroatoms. The van der Waals surface area contributed by atoms with Crippen molar-refractivity contribution in [2.75, 3.05) is 5.32 Å². The molecule has 0 saturated carbocycles. The van der Waals surface area contributed by atoms with E-state index in [0.717, 1.165) is 29.2 Å². The number of rotatable bonds is 4. The molecule has 0 spiro atoms. The molecule has 0 aliphatic heterocycles. The molecule has 0 aliphatic carbocycles. The average Bonchev–Trinajstić information content (AvgIpc) is 3.03. The van der Waals surface area contributed by atoms with Crippen LogP contribution in [-0.4, -0.2) is 19.6 Å². The molecule has 5 nitrogen and oxygen atoms in total. The predicted molar refractivity (Wildman–Crippen MR) is 83.8 cm³/mol. The SMILES string of the molecule is Cc1c(NCc2cnn(C)c2)cnn1-c1cccc(Cl)c1. The van der Waals surface area contributed by atoms with Gasteiger partial charge in [0.25, 0.3) is 0 Å². The van der Waals surface area contributed by atoms with Crippen LogP contribution < -0.4 is 5.32 Å². The molecule has 0 radical (unpaired) electrons. The van der Waals surface area contributed by atoms with Gasteiger partial charge in [-0.15, -0.1) is 0 Å². The summed E-state index contributed by atoms with van der Waals surface area (Å²) in [6, 6.07) is 7.65. The van der Waals surface area contributed by atoms with Gasteiger partial charge in [-0.2, -0.15) is 10.2 Å². The monoisotopic (exact) mass is 301 g/mol. The minimum Gasteiger partial charge on any atom is -0.378 e. The topological polar surface area (TPSA) is 47.7 Å². The van der Waals surface area contributed by atoms with Crippen LogP contribution in [0.5, 0.6) is 0 Å². The Labute approximate surface area is 128 Å². The summed E-state index contributed by atoms with van der Waals surface area (Å²) >= 11 is 6.03. The molecule has 108 valence electrons. The summed E-state index contributed by atoms with van der Waals surface area (Å²) in [5.41, 5.74) is 4.13. The normalized spacial score (nSPS) is 10.8. The van der Waals surface area contributed by atoms with E-state index in [0.29, 0.717) is 5.02 Å². The first kappa shape index (κ1) is 13.7. The van der Waals surface area contributed by atoms with Gasteiger partial charge >= 0.3 is 0 Å². The van der Waals surface area contributed by atoms with Crippen LogP contribution in [-0.2, 0) is 13.6 Å². The highest BCUT2D eigenvalue weighted by molar-refractivity contribution is 6.30. The van der Waals surface area contributed by atoms with E-state index in [4.69, 9.17) is 11.6 Å². The van der Waals surface area contributed by atoms with Crippen LogP contribution in [0.2, 0.25) is 5.02 Å². The highest BCUT2D eigenvalue weighted by Gasteiger charge is 2.08. The quantitative estimate of drug-likeness (QED) is 0.805. The molecular weight excluding hydrogens is 286 g/mol. The number of aryl methyl sites for hydroxylation is 1. The molecule has 0 fully saturated rings. The Balaban J connectivity index is 1.79. The fourth-order valence-corrected chi connectivity index (χ4v) is 2.40. The summed E-state index contributed by atoms with van der Waals surface area (Å²) in [5.74, 6) is 0. The third kappa shape index (κ3) is 2.92. The van der Waals surface area contributed by atoms with Gasteiger partial charge in [-0.05, 0) is 25.1 Å². The van der Waals surface area contributed by atoms with Crippen molar-refractivity contribution in [3.05, 3.63) is 59.1 Å². The molecule has 3 rings (SSSR count). The van der Waals surface area contributed by atoms with E-state index < -0.39 is 0 Å². The molecule has 1 N–H and O–H groups in total. The summed E-state index contributed by atoms with van der Waals surface area (Å²) in [6.45, 7) is 2.75. The number of anilines is 1. The first-order chi connectivity index (χ1) is 10.1. The van der Waals surface area contributed by atoms with Gasteiger partial charge in [0.2, 0.25) is 0 Å². The van der Waals surface area contributed by atoms with Gasteiger partial charge in [0, 0.05) is 30.4 Å². The number of aromatic nitrogens is 4. The fraction of sp³-hybridized carbons (Fsp3) is 0.200. The van der Waals surface area contributed by atoms with Crippen LogP contribution in [0.4, 0.5) is 5.69 Å². The second-order valence-corrected chi connectivity index (χ2v) is 5.35. The lowest BCUT2D eigenvalue weighted by Gasteiger charge is -2.07. The van der Waals surface area contributed by atoms with E-state index in [2.05, 4.69) is 15.5 Å². The molecular formula is C15H16ClN5. The minimum atomic E-state index is 0.701. The maximum Gasteiger partial charge on any atom is 0.0763 e. The zero-order chi connectivity index (χ0) is 14.8. The molecule has 3 aromatic rings. The molecule has 0 amide bonds. The maximum atomic E-state index is 6.03. The van der Waals surface area contributed by atoms with Crippen molar-refractivity contribution in [2.45, 2.75) is 13.5 Å². The van der Waals surface area contributed by atoms with Crippen molar-refractivity contribution in [2.24, 2.45) is 7.05 Å². The Morgan fingerprint density at radius 1 is 1.24 bits per heavy atom. The van der Waals surface area contributed by atoms with Crippen LogP contribution in [0.15, 0.2) is 42.9 Å². The minimum absolute atomic E-state index is 0.701. The first-order valence-electron chi connectivity index (χ1n) is 6.65. The molecule has 1 aromatic carbocycles. The third-order valence-corrected chi connectivity index (χ3v) is 3.54. The van der Waals surface area contributed by atoms with Crippen LogP contribution in [0.3, 0.4) is 0 Å². The van der Waals surface area contributed by atoms with Gasteiger partial charge in [0.05, 0.1) is 29.5 Å². The van der Waals surface area contributed by atoms with Crippen molar-refractivity contribution in [1.29, 1.82) is 0 Å². The van der Waals surface area contributed by atoms with E-state index in [1.807, 2.05) is 61.5 Å². The Morgan fingerprint density at radius 2 is 2.10 bits per heavy atom. The van der Waals surface area contributed by atoms with Gasteiger partial charge in [-0.3, -0.25) is 4.68 Å². The number of hydrogen-bond donors (Lipinski definition) is 1. The van der Waals surface area contributed by atoms with Crippen molar-refractivity contribution in [3.63, 3.8) is 0 Å². The predicted octanol–water partition coefficient (Wildman–Crippen LogP) is 3.18. The Morgan fingerprint density at radius 3 is 2.81 bits per heavy atom. The standard InChI is InChI=1S/C15H16ClN5/c1-11-15(17-7-12-8-18-20(2)10-12)9-19-21(11)14-5-3-4-13(16)6-14/h3-6,8-10,17H,7H2,1-2H3. The molecule has 21 heavy (non-hydrogen) atoms. The number of nitrogens with one attached hydrogen (secondary N) is 1. The molecule has 0 atom stereocenters. The van der Waals surface area contributed by atoms with Crippen molar-refractivity contribution in [3.8, 4) is 5.69 Å². The second-order valence-electron chi connectivity index (χ2n) is 4.91.